The van der Waals surface area contributed by atoms with Crippen molar-refractivity contribution < 1.29 is 10.2 Å². The number of hydrogen-bond acceptors (Lipinski definition) is 4. The number of aryl methyl sites for hydroxylation is 1. The number of nitrogens with one attached hydrogen (secondary N) is 1. The Balaban J connectivity index is 1.83. The first kappa shape index (κ1) is 15.9. The summed E-state index contributed by atoms with van der Waals surface area (Å²) in [5.41, 5.74) is 2.71. The second-order valence-corrected chi connectivity index (χ2v) is 5.40. The lowest BCUT2D eigenvalue weighted by atomic mass is 10.1. The van der Waals surface area contributed by atoms with Gasteiger partial charge in [0.2, 0.25) is 0 Å². The van der Waals surface area contributed by atoms with Crippen LogP contribution in [0.4, 0.5) is 0 Å². The third-order valence-corrected chi connectivity index (χ3v) is 3.39. The summed E-state index contributed by atoms with van der Waals surface area (Å²) in [7, 11) is 0. The van der Waals surface area contributed by atoms with Crippen molar-refractivity contribution in [1.82, 2.24) is 10.3 Å². The smallest absolute Gasteiger partial charge is 0.129 e. The molecule has 5 heteroatoms. The molecule has 1 unspecified atom stereocenters. The number of rotatable bonds is 6. The first-order valence-electron chi connectivity index (χ1n) is 6.82. The Hall–Kier alpha value is -1.46. The average Bonchev–Trinajstić information content (AvgIpc) is 2.47. The number of nitrogens with zero attached hydrogens (tertiary/aromatic N) is 1. The van der Waals surface area contributed by atoms with E-state index in [9.17, 15) is 10.2 Å². The first-order valence-corrected chi connectivity index (χ1v) is 7.20. The van der Waals surface area contributed by atoms with Gasteiger partial charge in [-0.15, -0.1) is 0 Å². The molecule has 0 saturated heterocycles. The molecule has 4 nitrogen and oxygen atoms in total. The SMILES string of the molecule is Cc1ccc(C[C@@H](O)NCC(O)c2cccc(Cl)n2)cc1. The third kappa shape index (κ3) is 5.10. The summed E-state index contributed by atoms with van der Waals surface area (Å²) in [5, 5.41) is 23.2. The highest BCUT2D eigenvalue weighted by Crippen LogP contribution is 2.13. The Kier molecular flexibility index (Phi) is 5.70. The molecule has 0 aliphatic rings. The second-order valence-electron chi connectivity index (χ2n) is 5.01. The highest BCUT2D eigenvalue weighted by atomic mass is 35.5. The lowest BCUT2D eigenvalue weighted by molar-refractivity contribution is 0.101. The maximum Gasteiger partial charge on any atom is 0.129 e. The van der Waals surface area contributed by atoms with Crippen LogP contribution >= 0.6 is 11.6 Å². The monoisotopic (exact) mass is 306 g/mol. The van der Waals surface area contributed by atoms with Gasteiger partial charge >= 0.3 is 0 Å². The van der Waals surface area contributed by atoms with E-state index in [0.29, 0.717) is 17.3 Å². The van der Waals surface area contributed by atoms with Gasteiger partial charge in [0, 0.05) is 13.0 Å². The van der Waals surface area contributed by atoms with E-state index < -0.39 is 12.3 Å². The van der Waals surface area contributed by atoms with Crippen LogP contribution in [0, 0.1) is 6.92 Å². The predicted octanol–water partition coefficient (Wildman–Crippen LogP) is 2.23. The van der Waals surface area contributed by atoms with Crippen LogP contribution in [0.2, 0.25) is 5.15 Å². The van der Waals surface area contributed by atoms with Crippen LogP contribution in [0.15, 0.2) is 42.5 Å². The van der Waals surface area contributed by atoms with Gasteiger partial charge in [-0.05, 0) is 24.6 Å². The van der Waals surface area contributed by atoms with Gasteiger partial charge in [-0.2, -0.15) is 0 Å². The summed E-state index contributed by atoms with van der Waals surface area (Å²) in [6.45, 7) is 2.23. The fraction of sp³-hybridized carbons (Fsp3) is 0.312. The Morgan fingerprint density at radius 1 is 1.14 bits per heavy atom. The van der Waals surface area contributed by atoms with Crippen molar-refractivity contribution in [2.75, 3.05) is 6.54 Å². The molecule has 0 aliphatic carbocycles. The minimum Gasteiger partial charge on any atom is -0.385 e. The van der Waals surface area contributed by atoms with Crippen LogP contribution in [-0.4, -0.2) is 28.0 Å². The number of aliphatic hydroxyl groups excluding tert-OH is 2. The molecule has 21 heavy (non-hydrogen) atoms. The van der Waals surface area contributed by atoms with Gasteiger partial charge in [-0.3, -0.25) is 5.32 Å². The van der Waals surface area contributed by atoms with Crippen LogP contribution < -0.4 is 5.32 Å². The van der Waals surface area contributed by atoms with Gasteiger partial charge in [-0.25, -0.2) is 4.98 Å². The number of aromatic nitrogens is 1. The van der Waals surface area contributed by atoms with Crippen LogP contribution in [-0.2, 0) is 6.42 Å². The number of aliphatic hydroxyl groups is 2. The summed E-state index contributed by atoms with van der Waals surface area (Å²) in [4.78, 5) is 4.04. The molecule has 1 aromatic heterocycles. The van der Waals surface area contributed by atoms with Crippen LogP contribution in [0.3, 0.4) is 0 Å². The van der Waals surface area contributed by atoms with Crippen molar-refractivity contribution in [1.29, 1.82) is 0 Å². The molecule has 1 heterocycles. The van der Waals surface area contributed by atoms with E-state index >= 15 is 0 Å². The molecule has 2 aromatic rings. The summed E-state index contributed by atoms with van der Waals surface area (Å²) < 4.78 is 0. The van der Waals surface area contributed by atoms with Crippen molar-refractivity contribution in [3.63, 3.8) is 0 Å². The minimum atomic E-state index is -0.809. The largest absolute Gasteiger partial charge is 0.385 e. The average molecular weight is 307 g/mol. The summed E-state index contributed by atoms with van der Waals surface area (Å²) in [5.74, 6) is 0. The minimum absolute atomic E-state index is 0.209. The quantitative estimate of drug-likeness (QED) is 0.565. The zero-order valence-electron chi connectivity index (χ0n) is 11.8. The molecule has 0 amide bonds. The van der Waals surface area contributed by atoms with Gasteiger partial charge in [0.25, 0.3) is 0 Å². The van der Waals surface area contributed by atoms with Crippen molar-refractivity contribution in [3.05, 3.63) is 64.4 Å². The van der Waals surface area contributed by atoms with Crippen molar-refractivity contribution in [2.24, 2.45) is 0 Å². The Bertz CT molecular complexity index is 575. The maximum absolute atomic E-state index is 10.0. The standard InChI is InChI=1S/C16H19ClN2O2/c1-11-5-7-12(8-6-11)9-16(21)18-10-14(20)13-3-2-4-15(17)19-13/h2-8,14,16,18,20-21H,9-10H2,1H3/t14?,16-/m1/s1. The molecule has 0 spiro atoms. The van der Waals surface area contributed by atoms with Crippen LogP contribution in [0.1, 0.15) is 22.9 Å². The lowest BCUT2D eigenvalue weighted by Gasteiger charge is -2.16. The topological polar surface area (TPSA) is 65.4 Å². The number of halogens is 1. The fourth-order valence-electron chi connectivity index (χ4n) is 1.98. The van der Waals surface area contributed by atoms with E-state index in [1.807, 2.05) is 31.2 Å². The molecule has 0 fully saturated rings. The Morgan fingerprint density at radius 3 is 2.52 bits per heavy atom. The molecule has 0 aliphatic heterocycles. The molecule has 0 bridgehead atoms. The van der Waals surface area contributed by atoms with Gasteiger partial charge in [0.05, 0.1) is 5.69 Å². The molecule has 2 rings (SSSR count). The van der Waals surface area contributed by atoms with Gasteiger partial charge < -0.3 is 10.2 Å². The second kappa shape index (κ2) is 7.52. The van der Waals surface area contributed by atoms with Gasteiger partial charge in [-0.1, -0.05) is 47.5 Å². The van der Waals surface area contributed by atoms with E-state index in [-0.39, 0.29) is 6.54 Å². The number of hydrogen-bond donors (Lipinski definition) is 3. The van der Waals surface area contributed by atoms with E-state index in [4.69, 9.17) is 11.6 Å². The third-order valence-electron chi connectivity index (χ3n) is 3.17. The molecule has 3 N–H and O–H groups in total. The molecule has 0 saturated carbocycles. The van der Waals surface area contributed by atoms with E-state index in [2.05, 4.69) is 10.3 Å². The van der Waals surface area contributed by atoms with E-state index in [0.717, 1.165) is 5.56 Å². The zero-order chi connectivity index (χ0) is 15.2. The molecule has 1 aromatic carbocycles. The number of pyridine rings is 1. The van der Waals surface area contributed by atoms with Crippen molar-refractivity contribution in [3.8, 4) is 0 Å². The van der Waals surface area contributed by atoms with Crippen LogP contribution in [0.25, 0.3) is 0 Å². The van der Waals surface area contributed by atoms with E-state index in [1.54, 1.807) is 18.2 Å². The molecular formula is C16H19ClN2O2. The molecule has 112 valence electrons. The first-order chi connectivity index (χ1) is 10.0. The highest BCUT2D eigenvalue weighted by molar-refractivity contribution is 6.29. The predicted molar refractivity (Wildman–Crippen MR) is 83.1 cm³/mol. The molecular weight excluding hydrogens is 288 g/mol. The van der Waals surface area contributed by atoms with Crippen molar-refractivity contribution in [2.45, 2.75) is 25.7 Å². The summed E-state index contributed by atoms with van der Waals surface area (Å²) in [6.07, 6.45) is -1.05. The summed E-state index contributed by atoms with van der Waals surface area (Å²) >= 11 is 5.78. The van der Waals surface area contributed by atoms with Gasteiger partial charge in [0.1, 0.15) is 17.5 Å². The van der Waals surface area contributed by atoms with Crippen molar-refractivity contribution >= 4 is 11.6 Å². The Morgan fingerprint density at radius 2 is 1.86 bits per heavy atom. The number of benzene rings is 1. The summed E-state index contributed by atoms with van der Waals surface area (Å²) in [6, 6.07) is 13.1. The fourth-order valence-corrected chi connectivity index (χ4v) is 2.15. The van der Waals surface area contributed by atoms with Crippen LogP contribution in [0.5, 0.6) is 0 Å². The Labute approximate surface area is 129 Å². The zero-order valence-corrected chi connectivity index (χ0v) is 12.6. The molecule has 0 radical (unpaired) electrons. The maximum atomic E-state index is 10.0. The van der Waals surface area contributed by atoms with E-state index in [1.165, 1.54) is 5.56 Å². The lowest BCUT2D eigenvalue weighted by Crippen LogP contribution is -2.34. The molecule has 2 atom stereocenters. The van der Waals surface area contributed by atoms with Gasteiger partial charge in [0.15, 0.2) is 0 Å². The normalized spacial score (nSPS) is 13.9. The highest BCUT2D eigenvalue weighted by Gasteiger charge is 2.12.